The van der Waals surface area contributed by atoms with Crippen LogP contribution in [0.4, 0.5) is 0 Å². The molecule has 1 fully saturated rings. The molecule has 0 saturated heterocycles. The summed E-state index contributed by atoms with van der Waals surface area (Å²) in [5.74, 6) is 1.45. The molecule has 5 nitrogen and oxygen atoms in total. The van der Waals surface area contributed by atoms with Crippen molar-refractivity contribution in [2.75, 3.05) is 34.0 Å². The van der Waals surface area contributed by atoms with E-state index in [-0.39, 0.29) is 5.91 Å². The molecule has 1 aromatic rings. The van der Waals surface area contributed by atoms with Crippen LogP contribution in [0.5, 0.6) is 11.5 Å². The lowest BCUT2D eigenvalue weighted by atomic mass is 9.94. The molecular weight excluding hydrogens is 306 g/mol. The molecule has 24 heavy (non-hydrogen) atoms. The number of hydrogen-bond donors (Lipinski definition) is 1. The van der Waals surface area contributed by atoms with Gasteiger partial charge in [-0.15, -0.1) is 0 Å². The highest BCUT2D eigenvalue weighted by Crippen LogP contribution is 2.50. The number of rotatable bonds is 11. The van der Waals surface area contributed by atoms with E-state index in [4.69, 9.17) is 14.2 Å². The van der Waals surface area contributed by atoms with E-state index >= 15 is 0 Å². The van der Waals surface area contributed by atoms with E-state index < -0.39 is 5.41 Å². The lowest BCUT2D eigenvalue weighted by molar-refractivity contribution is -0.123. The van der Waals surface area contributed by atoms with Crippen LogP contribution in [0.3, 0.4) is 0 Å². The van der Waals surface area contributed by atoms with Gasteiger partial charge < -0.3 is 19.5 Å². The van der Waals surface area contributed by atoms with Gasteiger partial charge >= 0.3 is 0 Å². The largest absolute Gasteiger partial charge is 0.493 e. The van der Waals surface area contributed by atoms with Gasteiger partial charge in [-0.1, -0.05) is 19.4 Å². The third-order valence-electron chi connectivity index (χ3n) is 4.51. The topological polar surface area (TPSA) is 56.8 Å². The van der Waals surface area contributed by atoms with Gasteiger partial charge in [0.25, 0.3) is 0 Å². The monoisotopic (exact) mass is 335 g/mol. The van der Waals surface area contributed by atoms with Crippen molar-refractivity contribution in [1.82, 2.24) is 5.32 Å². The van der Waals surface area contributed by atoms with Crippen LogP contribution in [-0.2, 0) is 14.9 Å². The molecule has 1 aromatic carbocycles. The van der Waals surface area contributed by atoms with Gasteiger partial charge in [0, 0.05) is 19.8 Å². The fourth-order valence-corrected chi connectivity index (χ4v) is 2.80. The second-order valence-electron chi connectivity index (χ2n) is 6.23. The van der Waals surface area contributed by atoms with E-state index in [9.17, 15) is 4.79 Å². The Bertz CT molecular complexity index is 540. The van der Waals surface area contributed by atoms with E-state index in [2.05, 4.69) is 12.2 Å². The van der Waals surface area contributed by atoms with Gasteiger partial charge in [0.1, 0.15) is 0 Å². The molecular formula is C19H29NO4. The minimum Gasteiger partial charge on any atom is -0.493 e. The van der Waals surface area contributed by atoms with Crippen molar-refractivity contribution >= 4 is 5.91 Å². The molecule has 0 unspecified atom stereocenters. The molecule has 0 bridgehead atoms. The van der Waals surface area contributed by atoms with Crippen LogP contribution in [0, 0.1) is 0 Å². The molecule has 1 N–H and O–H groups in total. The molecule has 0 atom stereocenters. The number of carbonyl (C=O) groups is 1. The summed E-state index contributed by atoms with van der Waals surface area (Å²) in [6.45, 7) is 4.30. The van der Waals surface area contributed by atoms with E-state index in [1.54, 1.807) is 14.2 Å². The summed E-state index contributed by atoms with van der Waals surface area (Å²) in [4.78, 5) is 12.6. The summed E-state index contributed by atoms with van der Waals surface area (Å²) in [7, 11) is 3.22. The Labute approximate surface area is 144 Å². The van der Waals surface area contributed by atoms with Crippen molar-refractivity contribution in [3.63, 3.8) is 0 Å². The summed E-state index contributed by atoms with van der Waals surface area (Å²) in [5, 5.41) is 3.05. The highest BCUT2D eigenvalue weighted by atomic mass is 16.5. The molecule has 1 amide bonds. The average Bonchev–Trinajstić information content (AvgIpc) is 3.42. The van der Waals surface area contributed by atoms with E-state index in [0.717, 1.165) is 44.3 Å². The molecule has 1 aliphatic rings. The summed E-state index contributed by atoms with van der Waals surface area (Å²) in [5.41, 5.74) is 0.597. The Morgan fingerprint density at radius 2 is 1.83 bits per heavy atom. The Kier molecular flexibility index (Phi) is 6.91. The molecule has 5 heteroatoms. The predicted octanol–water partition coefficient (Wildman–Crippen LogP) is 3.06. The second kappa shape index (κ2) is 8.92. The van der Waals surface area contributed by atoms with Crippen LogP contribution in [0.2, 0.25) is 0 Å². The standard InChI is InChI=1S/C19H29NO4/c1-4-5-12-24-13-6-11-20-18(21)19(9-10-19)15-7-8-16(22-2)17(14-15)23-3/h7-8,14H,4-6,9-13H2,1-3H3,(H,20,21). The number of methoxy groups -OCH3 is 2. The third kappa shape index (κ3) is 4.41. The van der Waals surface area contributed by atoms with Gasteiger partial charge in [-0.2, -0.15) is 0 Å². The minimum absolute atomic E-state index is 0.100. The lowest BCUT2D eigenvalue weighted by Crippen LogP contribution is -2.35. The van der Waals surface area contributed by atoms with E-state index in [0.29, 0.717) is 24.7 Å². The van der Waals surface area contributed by atoms with Crippen molar-refractivity contribution in [2.24, 2.45) is 0 Å². The van der Waals surface area contributed by atoms with Crippen molar-refractivity contribution in [2.45, 2.75) is 44.4 Å². The zero-order valence-electron chi connectivity index (χ0n) is 15.0. The van der Waals surface area contributed by atoms with Crippen LogP contribution in [-0.4, -0.2) is 39.9 Å². The van der Waals surface area contributed by atoms with Crippen LogP contribution in [0.1, 0.15) is 44.6 Å². The van der Waals surface area contributed by atoms with E-state index in [1.165, 1.54) is 0 Å². The Morgan fingerprint density at radius 1 is 1.12 bits per heavy atom. The smallest absolute Gasteiger partial charge is 0.230 e. The first-order valence-electron chi connectivity index (χ1n) is 8.76. The lowest BCUT2D eigenvalue weighted by Gasteiger charge is -2.17. The van der Waals surface area contributed by atoms with Crippen LogP contribution in [0.25, 0.3) is 0 Å². The van der Waals surface area contributed by atoms with Gasteiger partial charge in [0.2, 0.25) is 5.91 Å². The SMILES string of the molecule is CCCCOCCCNC(=O)C1(c2ccc(OC)c(OC)c2)CC1. The molecule has 1 aliphatic carbocycles. The first-order valence-corrected chi connectivity index (χ1v) is 8.76. The number of carbonyl (C=O) groups excluding carboxylic acids is 1. The zero-order valence-corrected chi connectivity index (χ0v) is 15.0. The molecule has 134 valence electrons. The third-order valence-corrected chi connectivity index (χ3v) is 4.51. The molecule has 0 radical (unpaired) electrons. The first-order chi connectivity index (χ1) is 11.7. The molecule has 0 heterocycles. The average molecular weight is 335 g/mol. The molecule has 0 aromatic heterocycles. The van der Waals surface area contributed by atoms with Crippen molar-refractivity contribution in [3.05, 3.63) is 23.8 Å². The van der Waals surface area contributed by atoms with Gasteiger partial charge in [0.15, 0.2) is 11.5 Å². The number of amides is 1. The van der Waals surface area contributed by atoms with Gasteiger partial charge in [-0.3, -0.25) is 4.79 Å². The van der Waals surface area contributed by atoms with E-state index in [1.807, 2.05) is 18.2 Å². The molecule has 2 rings (SSSR count). The molecule has 0 aliphatic heterocycles. The highest BCUT2D eigenvalue weighted by Gasteiger charge is 2.51. The Balaban J connectivity index is 1.85. The summed E-state index contributed by atoms with van der Waals surface area (Å²) >= 11 is 0. The predicted molar refractivity (Wildman–Crippen MR) is 93.8 cm³/mol. The van der Waals surface area contributed by atoms with Gasteiger partial charge in [-0.05, 0) is 43.4 Å². The van der Waals surface area contributed by atoms with Crippen molar-refractivity contribution in [3.8, 4) is 11.5 Å². The fraction of sp³-hybridized carbons (Fsp3) is 0.632. The van der Waals surface area contributed by atoms with Gasteiger partial charge in [0.05, 0.1) is 19.6 Å². The quantitative estimate of drug-likeness (QED) is 0.632. The number of ether oxygens (including phenoxy) is 3. The zero-order chi connectivity index (χ0) is 17.4. The van der Waals surface area contributed by atoms with Crippen molar-refractivity contribution in [1.29, 1.82) is 0 Å². The normalized spacial score (nSPS) is 15.0. The summed E-state index contributed by atoms with van der Waals surface area (Å²) in [6.07, 6.45) is 4.83. The number of nitrogens with one attached hydrogen (secondary N) is 1. The first kappa shape index (κ1) is 18.6. The van der Waals surface area contributed by atoms with Gasteiger partial charge in [-0.25, -0.2) is 0 Å². The Morgan fingerprint density at radius 3 is 2.46 bits per heavy atom. The van der Waals surface area contributed by atoms with Crippen LogP contribution in [0.15, 0.2) is 18.2 Å². The maximum Gasteiger partial charge on any atom is 0.230 e. The maximum absolute atomic E-state index is 12.6. The van der Waals surface area contributed by atoms with Crippen molar-refractivity contribution < 1.29 is 19.0 Å². The number of hydrogen-bond acceptors (Lipinski definition) is 4. The number of benzene rings is 1. The minimum atomic E-state index is -0.400. The number of unbranched alkanes of at least 4 members (excludes halogenated alkanes) is 1. The summed E-state index contributed by atoms with van der Waals surface area (Å²) in [6, 6.07) is 5.74. The highest BCUT2D eigenvalue weighted by molar-refractivity contribution is 5.91. The second-order valence-corrected chi connectivity index (χ2v) is 6.23. The molecule has 1 saturated carbocycles. The summed E-state index contributed by atoms with van der Waals surface area (Å²) < 4.78 is 16.1. The maximum atomic E-state index is 12.6. The van der Waals surface area contributed by atoms with Crippen LogP contribution < -0.4 is 14.8 Å². The Hall–Kier alpha value is -1.75. The van der Waals surface area contributed by atoms with Crippen LogP contribution >= 0.6 is 0 Å². The fourth-order valence-electron chi connectivity index (χ4n) is 2.80. The molecule has 0 spiro atoms.